The molecule has 0 radical (unpaired) electrons. The quantitative estimate of drug-likeness (QED) is 0.565. The molecule has 3 aliphatic rings. The number of carbonyl (C=O) groups is 2. The van der Waals surface area contributed by atoms with Crippen molar-refractivity contribution in [2.24, 2.45) is 5.41 Å². The van der Waals surface area contributed by atoms with Gasteiger partial charge in [0, 0.05) is 6.54 Å². The first-order valence-electron chi connectivity index (χ1n) is 7.63. The van der Waals surface area contributed by atoms with E-state index >= 15 is 0 Å². The molecule has 4 nitrogen and oxygen atoms in total. The summed E-state index contributed by atoms with van der Waals surface area (Å²) in [5.74, 6) is -0.0834. The van der Waals surface area contributed by atoms with Crippen molar-refractivity contribution in [1.29, 1.82) is 0 Å². The predicted octanol–water partition coefficient (Wildman–Crippen LogP) is 1.92. The first-order chi connectivity index (χ1) is 9.16. The van der Waals surface area contributed by atoms with Crippen LogP contribution in [0.25, 0.3) is 0 Å². The Labute approximate surface area is 114 Å². The van der Waals surface area contributed by atoms with Crippen LogP contribution in [-0.4, -0.2) is 41.9 Å². The van der Waals surface area contributed by atoms with Crippen LogP contribution in [0.5, 0.6) is 0 Å². The molecule has 0 aromatic rings. The number of hydrogen-bond donors (Lipinski definition) is 0. The summed E-state index contributed by atoms with van der Waals surface area (Å²) in [6, 6.07) is 0. The van der Waals surface area contributed by atoms with Gasteiger partial charge in [-0.25, -0.2) is 0 Å². The average Bonchev–Trinajstić information content (AvgIpc) is 2.40. The number of rotatable bonds is 2. The van der Waals surface area contributed by atoms with Crippen LogP contribution in [0.1, 0.15) is 51.9 Å². The summed E-state index contributed by atoms with van der Waals surface area (Å²) in [6.07, 6.45) is 6.50. The second-order valence-electron chi connectivity index (χ2n) is 6.21. The van der Waals surface area contributed by atoms with Gasteiger partial charge in [-0.15, -0.1) is 0 Å². The van der Waals surface area contributed by atoms with E-state index in [2.05, 4.69) is 4.90 Å². The van der Waals surface area contributed by atoms with E-state index in [0.717, 1.165) is 38.8 Å². The van der Waals surface area contributed by atoms with Gasteiger partial charge in [0.2, 0.25) is 0 Å². The van der Waals surface area contributed by atoms with Gasteiger partial charge >= 0.3 is 5.97 Å². The normalized spacial score (nSPS) is 38.7. The highest BCUT2D eigenvalue weighted by atomic mass is 16.5. The van der Waals surface area contributed by atoms with Crippen molar-refractivity contribution in [3.8, 4) is 0 Å². The van der Waals surface area contributed by atoms with Crippen molar-refractivity contribution in [3.05, 3.63) is 0 Å². The Kier molecular flexibility index (Phi) is 3.16. The molecule has 1 saturated carbocycles. The molecule has 3 fully saturated rings. The van der Waals surface area contributed by atoms with Gasteiger partial charge < -0.3 is 4.74 Å². The summed E-state index contributed by atoms with van der Waals surface area (Å²) in [5.41, 5.74) is -1.15. The molecule has 2 atom stereocenters. The maximum atomic E-state index is 13.1. The summed E-state index contributed by atoms with van der Waals surface area (Å²) in [5, 5.41) is 0. The highest BCUT2D eigenvalue weighted by Gasteiger charge is 2.63. The number of carbonyl (C=O) groups excluding carboxylic acids is 2. The van der Waals surface area contributed by atoms with Gasteiger partial charge in [-0.05, 0) is 58.4 Å². The lowest BCUT2D eigenvalue weighted by atomic mass is 9.58. The van der Waals surface area contributed by atoms with Crippen molar-refractivity contribution in [2.45, 2.75) is 57.4 Å². The second-order valence-corrected chi connectivity index (χ2v) is 6.21. The second kappa shape index (κ2) is 4.58. The number of piperidine rings is 2. The minimum atomic E-state index is -0.817. The Hall–Kier alpha value is -0.900. The van der Waals surface area contributed by atoms with Crippen molar-refractivity contribution >= 4 is 11.8 Å². The first kappa shape index (κ1) is 13.1. The maximum absolute atomic E-state index is 13.1. The Morgan fingerprint density at radius 1 is 1.16 bits per heavy atom. The molecule has 1 aliphatic carbocycles. The molecule has 19 heavy (non-hydrogen) atoms. The maximum Gasteiger partial charge on any atom is 0.319 e. The highest BCUT2D eigenvalue weighted by molar-refractivity contribution is 6.09. The Morgan fingerprint density at radius 3 is 2.74 bits per heavy atom. The number of nitrogens with zero attached hydrogens (tertiary/aromatic N) is 1. The smallest absolute Gasteiger partial charge is 0.319 e. The lowest BCUT2D eigenvalue weighted by molar-refractivity contribution is -0.178. The molecule has 0 N–H and O–H groups in total. The summed E-state index contributed by atoms with van der Waals surface area (Å²) in [4.78, 5) is 27.8. The van der Waals surface area contributed by atoms with Crippen LogP contribution < -0.4 is 0 Å². The molecule has 2 bridgehead atoms. The minimum Gasteiger partial charge on any atom is -0.465 e. The topological polar surface area (TPSA) is 46.6 Å². The molecule has 0 aromatic heterocycles. The zero-order valence-electron chi connectivity index (χ0n) is 11.7. The van der Waals surface area contributed by atoms with E-state index < -0.39 is 5.41 Å². The number of ketones is 1. The Balaban J connectivity index is 1.95. The van der Waals surface area contributed by atoms with Gasteiger partial charge in [-0.2, -0.15) is 0 Å². The van der Waals surface area contributed by atoms with Crippen LogP contribution in [-0.2, 0) is 14.3 Å². The number of hydrogen-bond acceptors (Lipinski definition) is 4. The zero-order valence-corrected chi connectivity index (χ0v) is 11.7. The molecule has 2 heterocycles. The van der Waals surface area contributed by atoms with Crippen LogP contribution in [0.15, 0.2) is 0 Å². The SMILES string of the molecule is CCOC(=O)[C@@]12CCC[C@]3(CCCCN3CC1)C2=O. The van der Waals surface area contributed by atoms with Gasteiger partial charge in [0.15, 0.2) is 5.78 Å². The molecule has 2 aliphatic heterocycles. The summed E-state index contributed by atoms with van der Waals surface area (Å²) < 4.78 is 5.23. The van der Waals surface area contributed by atoms with E-state index in [1.54, 1.807) is 0 Å². The number of ether oxygens (including phenoxy) is 1. The van der Waals surface area contributed by atoms with Gasteiger partial charge in [-0.1, -0.05) is 0 Å². The third kappa shape index (κ3) is 1.69. The molecular formula is C15H23NO3. The number of fused-ring (bicyclic) bond motifs is 1. The molecule has 106 valence electrons. The fourth-order valence-electron chi connectivity index (χ4n) is 4.44. The highest BCUT2D eigenvalue weighted by Crippen LogP contribution is 2.51. The van der Waals surface area contributed by atoms with E-state index in [4.69, 9.17) is 4.74 Å². The van der Waals surface area contributed by atoms with Crippen LogP contribution in [0.4, 0.5) is 0 Å². The third-order valence-electron chi connectivity index (χ3n) is 5.40. The van der Waals surface area contributed by atoms with Crippen LogP contribution in [0.2, 0.25) is 0 Å². The Morgan fingerprint density at radius 2 is 1.95 bits per heavy atom. The lowest BCUT2D eigenvalue weighted by Crippen LogP contribution is -2.69. The van der Waals surface area contributed by atoms with Crippen LogP contribution >= 0.6 is 0 Å². The van der Waals surface area contributed by atoms with E-state index in [1.165, 1.54) is 6.42 Å². The molecule has 1 spiro atoms. The van der Waals surface area contributed by atoms with Gasteiger partial charge in [0.1, 0.15) is 5.41 Å². The minimum absolute atomic E-state index is 0.177. The monoisotopic (exact) mass is 265 g/mol. The molecule has 0 aromatic carbocycles. The first-order valence-corrected chi connectivity index (χ1v) is 7.63. The molecule has 3 rings (SSSR count). The van der Waals surface area contributed by atoms with E-state index in [9.17, 15) is 9.59 Å². The van der Waals surface area contributed by atoms with Crippen LogP contribution in [0, 0.1) is 5.41 Å². The number of esters is 1. The summed E-state index contributed by atoms with van der Waals surface area (Å²) in [7, 11) is 0. The van der Waals surface area contributed by atoms with Gasteiger partial charge in [-0.3, -0.25) is 14.5 Å². The van der Waals surface area contributed by atoms with E-state index in [1.807, 2.05) is 6.92 Å². The summed E-state index contributed by atoms with van der Waals surface area (Å²) >= 11 is 0. The summed E-state index contributed by atoms with van der Waals surface area (Å²) in [6.45, 7) is 4.08. The molecule has 0 unspecified atom stereocenters. The van der Waals surface area contributed by atoms with Crippen molar-refractivity contribution in [1.82, 2.24) is 4.90 Å². The molecule has 0 amide bonds. The van der Waals surface area contributed by atoms with Crippen molar-refractivity contribution in [2.75, 3.05) is 19.7 Å². The predicted molar refractivity (Wildman–Crippen MR) is 70.7 cm³/mol. The standard InChI is InChI=1S/C15H23NO3/c1-2-19-13(18)14-6-5-8-15(12(14)17)7-3-4-10-16(15)11-9-14/h2-11H2,1H3/t14-,15+/m0/s1. The largest absolute Gasteiger partial charge is 0.465 e. The third-order valence-corrected chi connectivity index (χ3v) is 5.40. The fourth-order valence-corrected chi connectivity index (χ4v) is 4.44. The number of Topliss-reactive ketones (excluding diaryl/α,β-unsaturated/α-hetero) is 1. The van der Waals surface area contributed by atoms with E-state index in [0.29, 0.717) is 19.4 Å². The molecular weight excluding hydrogens is 242 g/mol. The fraction of sp³-hybridized carbons (Fsp3) is 0.867. The zero-order chi connectivity index (χ0) is 13.5. The van der Waals surface area contributed by atoms with Gasteiger partial charge in [0.25, 0.3) is 0 Å². The lowest BCUT2D eigenvalue weighted by Gasteiger charge is -2.57. The Bertz CT molecular complexity index is 404. The van der Waals surface area contributed by atoms with Crippen LogP contribution in [0.3, 0.4) is 0 Å². The molecule has 4 heteroatoms. The molecule has 2 saturated heterocycles. The van der Waals surface area contributed by atoms with Gasteiger partial charge in [0.05, 0.1) is 12.1 Å². The van der Waals surface area contributed by atoms with E-state index in [-0.39, 0.29) is 17.3 Å². The average molecular weight is 265 g/mol. The van der Waals surface area contributed by atoms with Crippen molar-refractivity contribution in [3.63, 3.8) is 0 Å². The van der Waals surface area contributed by atoms with Crippen molar-refractivity contribution < 1.29 is 14.3 Å².